The molecule has 9 nitrogen and oxygen atoms in total. The third-order valence-corrected chi connectivity index (χ3v) is 6.86. The third-order valence-electron chi connectivity index (χ3n) is 6.86. The second-order valence-corrected chi connectivity index (χ2v) is 9.55. The Kier molecular flexibility index (Phi) is 10.0. The SMILES string of the molecule is COCCN(CCCCCc1ccc2c(n1)NCCC2)CC[C@H](Nc1ncnc2ccccc12)C(=O)O. The Morgan fingerprint density at radius 1 is 1.14 bits per heavy atom. The topological polar surface area (TPSA) is 113 Å². The Morgan fingerprint density at radius 2 is 2.03 bits per heavy atom. The third kappa shape index (κ3) is 7.84. The van der Waals surface area contributed by atoms with Crippen LogP contribution in [0.15, 0.2) is 42.7 Å². The number of nitrogens with one attached hydrogen (secondary N) is 2. The van der Waals surface area contributed by atoms with Gasteiger partial charge in [0.1, 0.15) is 24.0 Å². The lowest BCUT2D eigenvalue weighted by atomic mass is 10.1. The predicted octanol–water partition coefficient (Wildman–Crippen LogP) is 4.00. The lowest BCUT2D eigenvalue weighted by Gasteiger charge is -2.24. The Labute approximate surface area is 218 Å². The highest BCUT2D eigenvalue weighted by atomic mass is 16.5. The summed E-state index contributed by atoms with van der Waals surface area (Å²) in [5, 5.41) is 17.2. The maximum atomic E-state index is 12.0. The van der Waals surface area contributed by atoms with Crippen LogP contribution in [0.4, 0.5) is 11.6 Å². The van der Waals surface area contributed by atoms with E-state index >= 15 is 0 Å². The van der Waals surface area contributed by atoms with Crippen molar-refractivity contribution in [2.24, 2.45) is 0 Å². The molecule has 0 unspecified atom stereocenters. The number of carbonyl (C=O) groups is 1. The summed E-state index contributed by atoms with van der Waals surface area (Å²) in [6, 6.07) is 11.2. The molecule has 9 heteroatoms. The number of unbranched alkanes of at least 4 members (excludes halogenated alkanes) is 2. The van der Waals surface area contributed by atoms with Crippen molar-refractivity contribution in [3.63, 3.8) is 0 Å². The summed E-state index contributed by atoms with van der Waals surface area (Å²) in [4.78, 5) is 27.7. The summed E-state index contributed by atoms with van der Waals surface area (Å²) in [6.45, 7) is 3.97. The van der Waals surface area contributed by atoms with E-state index in [1.165, 1.54) is 18.3 Å². The minimum atomic E-state index is -0.888. The average Bonchev–Trinajstić information content (AvgIpc) is 2.93. The van der Waals surface area contributed by atoms with E-state index < -0.39 is 12.0 Å². The van der Waals surface area contributed by atoms with Crippen molar-refractivity contribution >= 4 is 28.5 Å². The number of benzene rings is 1. The van der Waals surface area contributed by atoms with Gasteiger partial charge in [0, 0.05) is 37.8 Å². The first kappa shape index (κ1) is 26.8. The number of aliphatic carboxylic acids is 1. The number of aryl methyl sites for hydroxylation is 2. The molecule has 0 radical (unpaired) electrons. The molecule has 37 heavy (non-hydrogen) atoms. The van der Waals surface area contributed by atoms with Crippen LogP contribution in [0.25, 0.3) is 10.9 Å². The van der Waals surface area contributed by atoms with Crippen molar-refractivity contribution < 1.29 is 14.6 Å². The van der Waals surface area contributed by atoms with Gasteiger partial charge in [0.05, 0.1) is 12.1 Å². The molecule has 198 valence electrons. The highest BCUT2D eigenvalue weighted by Gasteiger charge is 2.20. The highest BCUT2D eigenvalue weighted by molar-refractivity contribution is 5.90. The van der Waals surface area contributed by atoms with Crippen molar-refractivity contribution in [3.8, 4) is 0 Å². The van der Waals surface area contributed by atoms with Crippen LogP contribution >= 0.6 is 0 Å². The molecule has 3 heterocycles. The van der Waals surface area contributed by atoms with Crippen LogP contribution in [0.3, 0.4) is 0 Å². The number of hydrogen-bond acceptors (Lipinski definition) is 8. The number of rotatable bonds is 15. The molecule has 4 rings (SSSR count). The smallest absolute Gasteiger partial charge is 0.326 e. The normalized spacial score (nSPS) is 13.8. The number of methoxy groups -OCH3 is 1. The van der Waals surface area contributed by atoms with E-state index in [4.69, 9.17) is 9.72 Å². The summed E-state index contributed by atoms with van der Waals surface area (Å²) in [5.74, 6) is 0.722. The van der Waals surface area contributed by atoms with E-state index in [0.717, 1.165) is 74.2 Å². The van der Waals surface area contributed by atoms with Crippen LogP contribution in [0.1, 0.15) is 43.4 Å². The minimum Gasteiger partial charge on any atom is -0.480 e. The number of aromatic nitrogens is 3. The lowest BCUT2D eigenvalue weighted by Crippen LogP contribution is -2.37. The molecule has 0 amide bonds. The number of pyridine rings is 1. The second-order valence-electron chi connectivity index (χ2n) is 9.55. The number of carboxylic acids is 1. The monoisotopic (exact) mass is 506 g/mol. The first-order valence-corrected chi connectivity index (χ1v) is 13.3. The molecular weight excluding hydrogens is 468 g/mol. The summed E-state index contributed by atoms with van der Waals surface area (Å²) in [5.41, 5.74) is 3.26. The van der Waals surface area contributed by atoms with Crippen LogP contribution in [-0.4, -0.2) is 76.9 Å². The van der Waals surface area contributed by atoms with Gasteiger partial charge in [0.25, 0.3) is 0 Å². The number of hydrogen-bond donors (Lipinski definition) is 3. The Morgan fingerprint density at radius 3 is 2.89 bits per heavy atom. The number of para-hydroxylation sites is 1. The van der Waals surface area contributed by atoms with Crippen LogP contribution in [0, 0.1) is 0 Å². The molecule has 0 bridgehead atoms. The van der Waals surface area contributed by atoms with Gasteiger partial charge in [-0.3, -0.25) is 0 Å². The number of anilines is 2. The lowest BCUT2D eigenvalue weighted by molar-refractivity contribution is -0.138. The fourth-order valence-electron chi connectivity index (χ4n) is 4.74. The molecule has 1 aromatic carbocycles. The molecule has 2 aromatic heterocycles. The molecule has 0 saturated carbocycles. The van der Waals surface area contributed by atoms with E-state index in [1.54, 1.807) is 7.11 Å². The van der Waals surface area contributed by atoms with Gasteiger partial charge in [-0.05, 0) is 68.8 Å². The Balaban J connectivity index is 1.25. The first-order valence-electron chi connectivity index (χ1n) is 13.3. The Hall–Kier alpha value is -3.30. The number of carboxylic acid groups (broad SMARTS) is 1. The summed E-state index contributed by atoms with van der Waals surface area (Å²) in [7, 11) is 1.69. The fraction of sp³-hybridized carbons (Fsp3) is 0.500. The van der Waals surface area contributed by atoms with E-state index in [-0.39, 0.29) is 0 Å². The maximum Gasteiger partial charge on any atom is 0.326 e. The van der Waals surface area contributed by atoms with Crippen molar-refractivity contribution in [1.82, 2.24) is 19.9 Å². The molecule has 1 atom stereocenters. The first-order chi connectivity index (χ1) is 18.1. The van der Waals surface area contributed by atoms with Crippen LogP contribution in [0.5, 0.6) is 0 Å². The zero-order chi connectivity index (χ0) is 25.9. The predicted molar refractivity (Wildman–Crippen MR) is 146 cm³/mol. The van der Waals surface area contributed by atoms with Gasteiger partial charge in [-0.25, -0.2) is 19.7 Å². The van der Waals surface area contributed by atoms with Crippen molar-refractivity contribution in [2.45, 2.75) is 51.0 Å². The quantitative estimate of drug-likeness (QED) is 0.263. The van der Waals surface area contributed by atoms with Gasteiger partial charge < -0.3 is 25.4 Å². The van der Waals surface area contributed by atoms with Crippen LogP contribution in [-0.2, 0) is 22.4 Å². The number of ether oxygens (including phenoxy) is 1. The zero-order valence-electron chi connectivity index (χ0n) is 21.7. The Bertz CT molecular complexity index is 1150. The molecule has 0 aliphatic carbocycles. The summed E-state index contributed by atoms with van der Waals surface area (Å²) in [6.07, 6.45) is 8.43. The molecule has 0 fully saturated rings. The van der Waals surface area contributed by atoms with Crippen molar-refractivity contribution in [1.29, 1.82) is 0 Å². The van der Waals surface area contributed by atoms with Crippen LogP contribution < -0.4 is 10.6 Å². The second kappa shape index (κ2) is 13.9. The number of fused-ring (bicyclic) bond motifs is 2. The molecule has 1 aliphatic heterocycles. The largest absolute Gasteiger partial charge is 0.480 e. The van der Waals surface area contributed by atoms with Gasteiger partial charge in [0.2, 0.25) is 0 Å². The van der Waals surface area contributed by atoms with Crippen molar-refractivity contribution in [3.05, 3.63) is 54.0 Å². The molecule has 1 aliphatic rings. The summed E-state index contributed by atoms with van der Waals surface area (Å²) >= 11 is 0. The zero-order valence-corrected chi connectivity index (χ0v) is 21.7. The van der Waals surface area contributed by atoms with Crippen molar-refractivity contribution in [2.75, 3.05) is 50.5 Å². The van der Waals surface area contributed by atoms with E-state index in [0.29, 0.717) is 25.4 Å². The molecule has 3 N–H and O–H groups in total. The molecule has 3 aromatic rings. The molecule has 0 spiro atoms. The van der Waals surface area contributed by atoms with Gasteiger partial charge in [0.15, 0.2) is 0 Å². The van der Waals surface area contributed by atoms with E-state index in [2.05, 4.69) is 37.6 Å². The maximum absolute atomic E-state index is 12.0. The standard InChI is InChI=1S/C28H38N6O3/c1-37-19-18-34(16-6-2-3-9-22-13-12-21-8-7-15-29-26(21)32-22)17-14-25(28(35)36)33-27-23-10-4-5-11-24(23)30-20-31-27/h4-5,10-13,20,25H,2-3,6-9,14-19H2,1H3,(H,29,32)(H,35,36)(H,30,31,33)/t25-/m0/s1. The van der Waals surface area contributed by atoms with Gasteiger partial charge in [-0.1, -0.05) is 24.6 Å². The molecular formula is C28H38N6O3. The fourth-order valence-corrected chi connectivity index (χ4v) is 4.74. The van der Waals surface area contributed by atoms with E-state index in [1.807, 2.05) is 24.3 Å². The van der Waals surface area contributed by atoms with Crippen LogP contribution in [0.2, 0.25) is 0 Å². The highest BCUT2D eigenvalue weighted by Crippen LogP contribution is 2.21. The number of nitrogens with zero attached hydrogens (tertiary/aromatic N) is 4. The minimum absolute atomic E-state index is 0.462. The summed E-state index contributed by atoms with van der Waals surface area (Å²) < 4.78 is 5.30. The van der Waals surface area contributed by atoms with Gasteiger partial charge >= 0.3 is 5.97 Å². The van der Waals surface area contributed by atoms with E-state index in [9.17, 15) is 9.90 Å². The molecule has 0 saturated heterocycles. The van der Waals surface area contributed by atoms with Gasteiger partial charge in [-0.15, -0.1) is 0 Å². The average molecular weight is 507 g/mol. The van der Waals surface area contributed by atoms with Gasteiger partial charge in [-0.2, -0.15) is 0 Å².